The minimum atomic E-state index is -0.273. The molecule has 3 nitrogen and oxygen atoms in total. The molecule has 2 aromatic heterocycles. The van der Waals surface area contributed by atoms with Crippen molar-refractivity contribution in [3.05, 3.63) is 55.0 Å². The molecule has 3 aromatic rings. The highest BCUT2D eigenvalue weighted by atomic mass is 35.5. The van der Waals surface area contributed by atoms with Crippen LogP contribution in [0.15, 0.2) is 35.7 Å². The van der Waals surface area contributed by atoms with E-state index in [2.05, 4.69) is 10.3 Å². The lowest BCUT2D eigenvalue weighted by atomic mass is 10.1. The molecule has 7 heteroatoms. The number of anilines is 1. The highest BCUT2D eigenvalue weighted by molar-refractivity contribution is 7.20. The molecule has 0 aliphatic carbocycles. The Labute approximate surface area is 145 Å². The number of aryl methyl sites for hydroxylation is 1. The summed E-state index contributed by atoms with van der Waals surface area (Å²) in [6.07, 6.45) is 0. The largest absolute Gasteiger partial charge is 0.322 e. The second-order valence-corrected chi connectivity index (χ2v) is 7.87. The predicted molar refractivity (Wildman–Crippen MR) is 94.6 cm³/mol. The number of rotatable bonds is 3. The van der Waals surface area contributed by atoms with Gasteiger partial charge in [0.25, 0.3) is 5.91 Å². The van der Waals surface area contributed by atoms with E-state index >= 15 is 0 Å². The molecule has 0 radical (unpaired) electrons. The summed E-state index contributed by atoms with van der Waals surface area (Å²) in [6.45, 7) is 1.97. The highest BCUT2D eigenvalue weighted by Gasteiger charge is 2.14. The zero-order valence-corrected chi connectivity index (χ0v) is 14.5. The molecule has 0 saturated heterocycles. The molecule has 1 N–H and O–H groups in total. The average molecular weight is 369 g/mol. The average Bonchev–Trinajstić information content (AvgIpc) is 3.05. The quantitative estimate of drug-likeness (QED) is 0.640. The highest BCUT2D eigenvalue weighted by Crippen LogP contribution is 2.31. The standard InChI is InChI=1S/C15H10Cl2N2OS2/c1-8-18-12(7-21-8)9-2-4-10(5-3-9)19-15(20)11-6-13(16)22-14(11)17/h2-7H,1H3,(H,19,20). The molecule has 1 aromatic carbocycles. The monoisotopic (exact) mass is 368 g/mol. The Morgan fingerprint density at radius 2 is 1.95 bits per heavy atom. The normalized spacial score (nSPS) is 10.7. The molecule has 22 heavy (non-hydrogen) atoms. The van der Waals surface area contributed by atoms with E-state index in [1.807, 2.05) is 36.6 Å². The zero-order chi connectivity index (χ0) is 15.7. The molecule has 0 bridgehead atoms. The van der Waals surface area contributed by atoms with Crippen LogP contribution in [0.3, 0.4) is 0 Å². The SMILES string of the molecule is Cc1nc(-c2ccc(NC(=O)c3cc(Cl)sc3Cl)cc2)cs1. The molecule has 0 atom stereocenters. The van der Waals surface area contributed by atoms with Gasteiger partial charge in [-0.2, -0.15) is 0 Å². The van der Waals surface area contributed by atoms with Gasteiger partial charge < -0.3 is 5.32 Å². The number of halogens is 2. The van der Waals surface area contributed by atoms with Crippen molar-refractivity contribution >= 4 is 57.5 Å². The fourth-order valence-corrected chi connectivity index (χ4v) is 3.99. The number of thiazole rings is 1. The van der Waals surface area contributed by atoms with Crippen LogP contribution >= 0.6 is 45.9 Å². The second-order valence-electron chi connectivity index (χ2n) is 4.52. The maximum absolute atomic E-state index is 12.1. The minimum absolute atomic E-state index is 0.273. The van der Waals surface area contributed by atoms with Crippen LogP contribution in [0.4, 0.5) is 5.69 Å². The second kappa shape index (κ2) is 6.38. The zero-order valence-electron chi connectivity index (χ0n) is 11.4. The molecule has 0 saturated carbocycles. The van der Waals surface area contributed by atoms with E-state index in [1.54, 1.807) is 17.4 Å². The number of amides is 1. The first-order valence-electron chi connectivity index (χ1n) is 6.31. The lowest BCUT2D eigenvalue weighted by Gasteiger charge is -2.05. The predicted octanol–water partition coefficient (Wildman–Crippen LogP) is 5.74. The van der Waals surface area contributed by atoms with E-state index in [0.29, 0.717) is 19.9 Å². The van der Waals surface area contributed by atoms with Gasteiger partial charge in [-0.15, -0.1) is 22.7 Å². The van der Waals surface area contributed by atoms with Crippen LogP contribution < -0.4 is 5.32 Å². The van der Waals surface area contributed by atoms with E-state index in [9.17, 15) is 4.79 Å². The van der Waals surface area contributed by atoms with Gasteiger partial charge in [-0.05, 0) is 25.1 Å². The van der Waals surface area contributed by atoms with Gasteiger partial charge >= 0.3 is 0 Å². The summed E-state index contributed by atoms with van der Waals surface area (Å²) in [4.78, 5) is 16.6. The minimum Gasteiger partial charge on any atom is -0.322 e. The Morgan fingerprint density at radius 1 is 1.23 bits per heavy atom. The Hall–Kier alpha value is -1.40. The molecule has 0 aliphatic rings. The summed E-state index contributed by atoms with van der Waals surface area (Å²) >= 11 is 14.6. The van der Waals surface area contributed by atoms with Gasteiger partial charge in [0, 0.05) is 16.6 Å². The van der Waals surface area contributed by atoms with Crippen molar-refractivity contribution in [2.24, 2.45) is 0 Å². The van der Waals surface area contributed by atoms with E-state index in [4.69, 9.17) is 23.2 Å². The van der Waals surface area contributed by atoms with Crippen molar-refractivity contribution in [1.29, 1.82) is 0 Å². The Balaban J connectivity index is 1.76. The summed E-state index contributed by atoms with van der Waals surface area (Å²) in [5, 5.41) is 5.84. The number of hydrogen-bond acceptors (Lipinski definition) is 4. The molecule has 0 aliphatic heterocycles. The molecule has 2 heterocycles. The third-order valence-corrected chi connectivity index (χ3v) is 5.22. The van der Waals surface area contributed by atoms with Crippen molar-refractivity contribution in [2.45, 2.75) is 6.92 Å². The first-order chi connectivity index (χ1) is 10.5. The maximum atomic E-state index is 12.1. The number of aromatic nitrogens is 1. The number of carbonyl (C=O) groups excluding carboxylic acids is 1. The lowest BCUT2D eigenvalue weighted by molar-refractivity contribution is 0.102. The number of hydrogen-bond donors (Lipinski definition) is 1. The third-order valence-electron chi connectivity index (χ3n) is 2.96. The summed E-state index contributed by atoms with van der Waals surface area (Å²) in [6, 6.07) is 9.09. The van der Waals surface area contributed by atoms with Crippen LogP contribution in [0.2, 0.25) is 8.67 Å². The Bertz CT molecular complexity index is 824. The topological polar surface area (TPSA) is 42.0 Å². The summed E-state index contributed by atoms with van der Waals surface area (Å²) in [5.41, 5.74) is 3.03. The lowest BCUT2D eigenvalue weighted by Crippen LogP contribution is -2.11. The van der Waals surface area contributed by atoms with Gasteiger partial charge in [0.1, 0.15) is 4.34 Å². The molecular formula is C15H10Cl2N2OS2. The smallest absolute Gasteiger partial charge is 0.258 e. The van der Waals surface area contributed by atoms with Crippen molar-refractivity contribution in [3.63, 3.8) is 0 Å². The van der Waals surface area contributed by atoms with Crippen molar-refractivity contribution in [1.82, 2.24) is 4.98 Å². The van der Waals surface area contributed by atoms with Crippen molar-refractivity contribution in [3.8, 4) is 11.3 Å². The maximum Gasteiger partial charge on any atom is 0.258 e. The molecule has 0 fully saturated rings. The van der Waals surface area contributed by atoms with Gasteiger partial charge in [-0.25, -0.2) is 4.98 Å². The van der Waals surface area contributed by atoms with E-state index in [0.717, 1.165) is 16.3 Å². The molecular weight excluding hydrogens is 359 g/mol. The van der Waals surface area contributed by atoms with Crippen LogP contribution in [-0.4, -0.2) is 10.9 Å². The first-order valence-corrected chi connectivity index (χ1v) is 8.77. The van der Waals surface area contributed by atoms with Crippen LogP contribution in [0.1, 0.15) is 15.4 Å². The summed E-state index contributed by atoms with van der Waals surface area (Å²) in [7, 11) is 0. The van der Waals surface area contributed by atoms with Gasteiger partial charge in [0.15, 0.2) is 0 Å². The fraction of sp³-hybridized carbons (Fsp3) is 0.0667. The third kappa shape index (κ3) is 3.33. The summed E-state index contributed by atoms with van der Waals surface area (Å²) < 4.78 is 0.876. The fourth-order valence-electron chi connectivity index (χ4n) is 1.91. The van der Waals surface area contributed by atoms with Crippen molar-refractivity contribution in [2.75, 3.05) is 5.32 Å². The Kier molecular flexibility index (Phi) is 4.49. The molecule has 3 rings (SSSR count). The molecule has 0 unspecified atom stereocenters. The van der Waals surface area contributed by atoms with Crippen LogP contribution in [0.25, 0.3) is 11.3 Å². The van der Waals surface area contributed by atoms with Crippen LogP contribution in [0.5, 0.6) is 0 Å². The molecule has 0 spiro atoms. The number of benzene rings is 1. The Morgan fingerprint density at radius 3 is 2.50 bits per heavy atom. The van der Waals surface area contributed by atoms with E-state index in [1.165, 1.54) is 11.3 Å². The van der Waals surface area contributed by atoms with E-state index in [-0.39, 0.29) is 5.91 Å². The molecule has 112 valence electrons. The van der Waals surface area contributed by atoms with Crippen molar-refractivity contribution < 1.29 is 4.79 Å². The first kappa shape index (κ1) is 15.5. The number of nitrogens with zero attached hydrogens (tertiary/aromatic N) is 1. The van der Waals surface area contributed by atoms with Gasteiger partial charge in [0.2, 0.25) is 0 Å². The van der Waals surface area contributed by atoms with Gasteiger partial charge in [-0.3, -0.25) is 4.79 Å². The number of nitrogens with one attached hydrogen (secondary N) is 1. The van der Waals surface area contributed by atoms with Gasteiger partial charge in [0.05, 0.1) is 20.6 Å². The van der Waals surface area contributed by atoms with Gasteiger partial charge in [-0.1, -0.05) is 35.3 Å². The molecule has 1 amide bonds. The number of carbonyl (C=O) groups is 1. The van der Waals surface area contributed by atoms with Crippen LogP contribution in [-0.2, 0) is 0 Å². The van der Waals surface area contributed by atoms with Crippen LogP contribution in [0, 0.1) is 6.92 Å². The summed E-state index contributed by atoms with van der Waals surface area (Å²) in [5.74, 6) is -0.273. The van der Waals surface area contributed by atoms with E-state index < -0.39 is 0 Å². The number of thiophene rings is 1.